The van der Waals surface area contributed by atoms with Crippen LogP contribution in [0.25, 0.3) is 22.2 Å². The Bertz CT molecular complexity index is 1340. The lowest BCUT2D eigenvalue weighted by Gasteiger charge is -2.39. The molecule has 3 aromatic rings. The van der Waals surface area contributed by atoms with Gasteiger partial charge in [-0.25, -0.2) is 9.78 Å². The molecule has 2 atom stereocenters. The largest absolute Gasteiger partial charge is 0.449 e. The maximum absolute atomic E-state index is 13.4. The number of amides is 2. The number of carbonyl (C=O) groups is 2. The highest BCUT2D eigenvalue weighted by Gasteiger charge is 2.31. The standard InChI is InChI=1S/C29H33ClN4O4/c1-4-5-14-38-28(36)34-13-12-33(17-19(34)2)27(35)21-8-11-23-24(30)16-25(32-26(23)15-21)20-6-9-22(10-7-20)29(3,37)18-31/h4,6-11,15-16,19,37H,1,5,12-14,17-18,31H2,2-3H3. The van der Waals surface area contributed by atoms with E-state index in [0.29, 0.717) is 60.0 Å². The van der Waals surface area contributed by atoms with Gasteiger partial charge >= 0.3 is 6.09 Å². The molecule has 200 valence electrons. The Kier molecular flexibility index (Phi) is 8.35. The molecule has 1 aliphatic heterocycles. The van der Waals surface area contributed by atoms with Gasteiger partial charge in [-0.15, -0.1) is 6.58 Å². The molecular formula is C29H33ClN4O4. The molecule has 2 heterocycles. The average Bonchev–Trinajstić information content (AvgIpc) is 2.92. The van der Waals surface area contributed by atoms with Crippen LogP contribution in [0.4, 0.5) is 4.79 Å². The molecule has 2 amide bonds. The van der Waals surface area contributed by atoms with Gasteiger partial charge in [0.25, 0.3) is 5.91 Å². The molecule has 0 saturated carbocycles. The molecular weight excluding hydrogens is 504 g/mol. The zero-order chi connectivity index (χ0) is 27.4. The zero-order valence-corrected chi connectivity index (χ0v) is 22.4. The van der Waals surface area contributed by atoms with Gasteiger partial charge in [0, 0.05) is 48.7 Å². The highest BCUT2D eigenvalue weighted by atomic mass is 35.5. The minimum Gasteiger partial charge on any atom is -0.449 e. The number of aliphatic hydroxyl groups is 1. The van der Waals surface area contributed by atoms with E-state index in [0.717, 1.165) is 10.9 Å². The number of piperazine rings is 1. The van der Waals surface area contributed by atoms with Gasteiger partial charge in [0.2, 0.25) is 0 Å². The summed E-state index contributed by atoms with van der Waals surface area (Å²) in [5, 5.41) is 11.7. The number of nitrogens with two attached hydrogens (primary N) is 1. The Morgan fingerprint density at radius 2 is 1.97 bits per heavy atom. The van der Waals surface area contributed by atoms with E-state index in [1.807, 2.05) is 31.2 Å². The lowest BCUT2D eigenvalue weighted by atomic mass is 9.94. The fraction of sp³-hybridized carbons (Fsp3) is 0.345. The molecule has 9 heteroatoms. The van der Waals surface area contributed by atoms with Crippen LogP contribution in [0.15, 0.2) is 61.2 Å². The summed E-state index contributed by atoms with van der Waals surface area (Å²) >= 11 is 6.58. The van der Waals surface area contributed by atoms with E-state index >= 15 is 0 Å². The molecule has 1 saturated heterocycles. The maximum atomic E-state index is 13.4. The molecule has 3 N–H and O–H groups in total. The molecule has 1 fully saturated rings. The van der Waals surface area contributed by atoms with Crippen LogP contribution < -0.4 is 5.73 Å². The van der Waals surface area contributed by atoms with Crippen molar-refractivity contribution in [1.82, 2.24) is 14.8 Å². The predicted molar refractivity (Wildman–Crippen MR) is 149 cm³/mol. The van der Waals surface area contributed by atoms with Gasteiger partial charge in [-0.2, -0.15) is 0 Å². The van der Waals surface area contributed by atoms with Crippen molar-refractivity contribution < 1.29 is 19.4 Å². The summed E-state index contributed by atoms with van der Waals surface area (Å²) in [7, 11) is 0. The highest BCUT2D eigenvalue weighted by molar-refractivity contribution is 6.35. The number of rotatable bonds is 7. The van der Waals surface area contributed by atoms with E-state index < -0.39 is 5.60 Å². The number of nitrogens with zero attached hydrogens (tertiary/aromatic N) is 3. The minimum atomic E-state index is -1.11. The smallest absolute Gasteiger partial charge is 0.410 e. The number of fused-ring (bicyclic) bond motifs is 1. The first-order valence-corrected chi connectivity index (χ1v) is 13.0. The van der Waals surface area contributed by atoms with Crippen molar-refractivity contribution >= 4 is 34.5 Å². The van der Waals surface area contributed by atoms with E-state index in [9.17, 15) is 14.7 Å². The third-order valence-corrected chi connectivity index (χ3v) is 7.22. The number of ether oxygens (including phenoxy) is 1. The van der Waals surface area contributed by atoms with E-state index in [4.69, 9.17) is 27.1 Å². The molecule has 0 bridgehead atoms. The second kappa shape index (κ2) is 11.5. The van der Waals surface area contributed by atoms with Crippen molar-refractivity contribution in [3.05, 3.63) is 77.3 Å². The zero-order valence-electron chi connectivity index (χ0n) is 21.7. The first-order chi connectivity index (χ1) is 18.1. The number of pyridine rings is 1. The van der Waals surface area contributed by atoms with E-state index in [1.54, 1.807) is 47.1 Å². The SMILES string of the molecule is C=CCCOC(=O)N1CCN(C(=O)c2ccc3c(Cl)cc(-c4ccc(C(C)(O)CN)cc4)nc3c2)CC1C. The summed E-state index contributed by atoms with van der Waals surface area (Å²) in [6.07, 6.45) is 1.93. The Hall–Kier alpha value is -3.46. The summed E-state index contributed by atoms with van der Waals surface area (Å²) in [4.78, 5) is 33.9. The second-order valence-electron chi connectivity index (χ2n) is 9.76. The average molecular weight is 537 g/mol. The topological polar surface area (TPSA) is 109 Å². The van der Waals surface area contributed by atoms with Crippen molar-refractivity contribution in [2.24, 2.45) is 5.73 Å². The summed E-state index contributed by atoms with van der Waals surface area (Å²) in [6, 6.07) is 14.3. The Labute approximate surface area is 227 Å². The van der Waals surface area contributed by atoms with E-state index in [2.05, 4.69) is 6.58 Å². The van der Waals surface area contributed by atoms with Crippen LogP contribution in [-0.4, -0.2) is 70.7 Å². The molecule has 0 radical (unpaired) electrons. The minimum absolute atomic E-state index is 0.108. The van der Waals surface area contributed by atoms with Crippen molar-refractivity contribution in [3.63, 3.8) is 0 Å². The van der Waals surface area contributed by atoms with E-state index in [-0.39, 0.29) is 24.6 Å². The lowest BCUT2D eigenvalue weighted by Crippen LogP contribution is -2.55. The Morgan fingerprint density at radius 1 is 1.24 bits per heavy atom. The number of benzene rings is 2. The lowest BCUT2D eigenvalue weighted by molar-refractivity contribution is 0.0416. The fourth-order valence-corrected chi connectivity index (χ4v) is 4.76. The third kappa shape index (κ3) is 5.83. The van der Waals surface area contributed by atoms with Crippen LogP contribution in [0.1, 0.15) is 36.2 Å². The molecule has 2 unspecified atom stereocenters. The van der Waals surface area contributed by atoms with Crippen LogP contribution in [-0.2, 0) is 10.3 Å². The van der Waals surface area contributed by atoms with Gasteiger partial charge in [0.1, 0.15) is 0 Å². The number of halogens is 1. The molecule has 38 heavy (non-hydrogen) atoms. The van der Waals surface area contributed by atoms with Crippen molar-refractivity contribution in [3.8, 4) is 11.3 Å². The van der Waals surface area contributed by atoms with Crippen molar-refractivity contribution in [1.29, 1.82) is 0 Å². The molecule has 0 aliphatic carbocycles. The van der Waals surface area contributed by atoms with Crippen LogP contribution >= 0.6 is 11.6 Å². The van der Waals surface area contributed by atoms with Gasteiger partial charge in [-0.05, 0) is 44.0 Å². The van der Waals surface area contributed by atoms with Gasteiger partial charge in [0.05, 0.1) is 28.4 Å². The van der Waals surface area contributed by atoms with Gasteiger partial charge < -0.3 is 25.4 Å². The maximum Gasteiger partial charge on any atom is 0.410 e. The monoisotopic (exact) mass is 536 g/mol. The Morgan fingerprint density at radius 3 is 2.63 bits per heavy atom. The highest BCUT2D eigenvalue weighted by Crippen LogP contribution is 2.30. The second-order valence-corrected chi connectivity index (χ2v) is 10.2. The number of hydrogen-bond donors (Lipinski definition) is 2. The summed E-state index contributed by atoms with van der Waals surface area (Å²) in [6.45, 7) is 8.81. The molecule has 1 aromatic heterocycles. The summed E-state index contributed by atoms with van der Waals surface area (Å²) in [5.41, 5.74) is 7.86. The molecule has 0 spiro atoms. The first-order valence-electron chi connectivity index (χ1n) is 12.6. The quantitative estimate of drug-likeness (QED) is 0.338. The van der Waals surface area contributed by atoms with Gasteiger partial charge in [-0.1, -0.05) is 48.0 Å². The fourth-order valence-electron chi connectivity index (χ4n) is 4.49. The van der Waals surface area contributed by atoms with Gasteiger partial charge in [-0.3, -0.25) is 4.79 Å². The van der Waals surface area contributed by atoms with Crippen molar-refractivity contribution in [2.45, 2.75) is 31.9 Å². The van der Waals surface area contributed by atoms with Crippen LogP contribution in [0.2, 0.25) is 5.02 Å². The Balaban J connectivity index is 1.53. The summed E-state index contributed by atoms with van der Waals surface area (Å²) < 4.78 is 5.28. The predicted octanol–water partition coefficient (Wildman–Crippen LogP) is 4.58. The first kappa shape index (κ1) is 27.6. The van der Waals surface area contributed by atoms with Gasteiger partial charge in [0.15, 0.2) is 0 Å². The number of carbonyl (C=O) groups excluding carboxylic acids is 2. The molecule has 4 rings (SSSR count). The molecule has 8 nitrogen and oxygen atoms in total. The third-order valence-electron chi connectivity index (χ3n) is 6.90. The van der Waals surface area contributed by atoms with Crippen LogP contribution in [0.3, 0.4) is 0 Å². The van der Waals surface area contributed by atoms with E-state index in [1.165, 1.54) is 0 Å². The molecule has 2 aromatic carbocycles. The summed E-state index contributed by atoms with van der Waals surface area (Å²) in [5.74, 6) is -0.130. The van der Waals surface area contributed by atoms with Crippen LogP contribution in [0, 0.1) is 0 Å². The number of hydrogen-bond acceptors (Lipinski definition) is 6. The molecule has 1 aliphatic rings. The van der Waals surface area contributed by atoms with Crippen LogP contribution in [0.5, 0.6) is 0 Å². The van der Waals surface area contributed by atoms with Crippen molar-refractivity contribution in [2.75, 3.05) is 32.8 Å². The normalized spacial score (nSPS) is 17.2. The number of aromatic nitrogens is 1.